The zero-order chi connectivity index (χ0) is 14.8. The number of hydrogen-bond acceptors (Lipinski definition) is 4. The Balaban J connectivity index is 2.05. The summed E-state index contributed by atoms with van der Waals surface area (Å²) in [7, 11) is 0. The van der Waals surface area contributed by atoms with Gasteiger partial charge >= 0.3 is 0 Å². The molecule has 1 saturated carbocycles. The van der Waals surface area contributed by atoms with Gasteiger partial charge in [0.25, 0.3) is 5.69 Å². The third-order valence-electron chi connectivity index (χ3n) is 4.71. The topological polar surface area (TPSA) is 72.6 Å². The average molecular weight is 286 g/mol. The molecule has 1 aromatic carbocycles. The smallest absolute Gasteiger partial charge is 0.258 e. The largest absolute Gasteiger partial charge is 0.270 e. The van der Waals surface area contributed by atoms with Gasteiger partial charge in [-0.2, -0.15) is 4.91 Å². The highest BCUT2D eigenvalue weighted by Gasteiger charge is 2.33. The van der Waals surface area contributed by atoms with Crippen molar-refractivity contribution in [3.8, 4) is 0 Å². The predicted octanol–water partition coefficient (Wildman–Crippen LogP) is 4.47. The molecule has 2 aliphatic carbocycles. The molecular weight excluding hydrogens is 268 g/mol. The minimum atomic E-state index is -0.391. The van der Waals surface area contributed by atoms with Crippen LogP contribution in [0.5, 0.6) is 0 Å². The van der Waals surface area contributed by atoms with E-state index in [9.17, 15) is 15.0 Å². The minimum Gasteiger partial charge on any atom is -0.258 e. The van der Waals surface area contributed by atoms with E-state index in [1.54, 1.807) is 12.1 Å². The molecule has 1 aromatic rings. The van der Waals surface area contributed by atoms with Gasteiger partial charge in [-0.15, -0.1) is 0 Å². The molecule has 1 unspecified atom stereocenters. The molecule has 5 heteroatoms. The van der Waals surface area contributed by atoms with E-state index in [1.165, 1.54) is 37.3 Å². The minimum absolute atomic E-state index is 0.0716. The highest BCUT2D eigenvalue weighted by atomic mass is 16.6. The van der Waals surface area contributed by atoms with Gasteiger partial charge < -0.3 is 0 Å². The second kappa shape index (κ2) is 5.76. The van der Waals surface area contributed by atoms with Crippen LogP contribution in [0.25, 0.3) is 5.57 Å². The van der Waals surface area contributed by atoms with Crippen LogP contribution in [0.2, 0.25) is 0 Å². The molecule has 5 nitrogen and oxygen atoms in total. The first-order valence-corrected chi connectivity index (χ1v) is 7.51. The van der Waals surface area contributed by atoms with Gasteiger partial charge in [0.05, 0.1) is 4.92 Å². The van der Waals surface area contributed by atoms with Crippen molar-refractivity contribution in [1.29, 1.82) is 0 Å². The van der Waals surface area contributed by atoms with Gasteiger partial charge in [0, 0.05) is 12.1 Å². The van der Waals surface area contributed by atoms with Gasteiger partial charge in [-0.3, -0.25) is 10.1 Å². The van der Waals surface area contributed by atoms with Gasteiger partial charge in [-0.25, -0.2) is 0 Å². The SMILES string of the molecule is O=NC1CCC(C2CCCC2)=C1c1cccc([N+](=O)[O-])c1. The summed E-state index contributed by atoms with van der Waals surface area (Å²) in [6.07, 6.45) is 6.44. The van der Waals surface area contributed by atoms with Crippen molar-refractivity contribution in [3.05, 3.63) is 50.4 Å². The molecule has 0 heterocycles. The zero-order valence-electron chi connectivity index (χ0n) is 11.8. The normalized spacial score (nSPS) is 22.8. The molecule has 0 saturated heterocycles. The first-order valence-electron chi connectivity index (χ1n) is 7.51. The Kier molecular flexibility index (Phi) is 3.82. The number of benzene rings is 1. The maximum atomic E-state index is 11.2. The van der Waals surface area contributed by atoms with Gasteiger partial charge in [-0.1, -0.05) is 35.7 Å². The molecular formula is C16H18N2O3. The molecule has 0 bridgehead atoms. The van der Waals surface area contributed by atoms with Gasteiger partial charge in [-0.05, 0) is 42.7 Å². The molecule has 1 fully saturated rings. The molecule has 3 rings (SSSR count). The molecule has 0 aromatic heterocycles. The van der Waals surface area contributed by atoms with Crippen molar-refractivity contribution >= 4 is 11.3 Å². The molecule has 1 atom stereocenters. The van der Waals surface area contributed by atoms with Crippen LogP contribution >= 0.6 is 0 Å². The second-order valence-corrected chi connectivity index (χ2v) is 5.89. The number of nitro benzene ring substituents is 1. The van der Waals surface area contributed by atoms with Crippen molar-refractivity contribution in [1.82, 2.24) is 0 Å². The first-order chi connectivity index (χ1) is 10.2. The number of rotatable bonds is 4. The fraction of sp³-hybridized carbons (Fsp3) is 0.500. The van der Waals surface area contributed by atoms with Crippen LogP contribution in [-0.2, 0) is 0 Å². The molecule has 110 valence electrons. The highest BCUT2D eigenvalue weighted by Crippen LogP contribution is 2.45. The number of nitro groups is 1. The van der Waals surface area contributed by atoms with Crippen LogP contribution in [0.3, 0.4) is 0 Å². The average Bonchev–Trinajstić information content (AvgIpc) is 3.15. The summed E-state index contributed by atoms with van der Waals surface area (Å²) in [5.41, 5.74) is 3.15. The van der Waals surface area contributed by atoms with Crippen LogP contribution in [0.1, 0.15) is 44.1 Å². The summed E-state index contributed by atoms with van der Waals surface area (Å²) in [4.78, 5) is 21.7. The van der Waals surface area contributed by atoms with Crippen LogP contribution in [0.15, 0.2) is 35.0 Å². The molecule has 21 heavy (non-hydrogen) atoms. The Bertz CT molecular complexity index is 603. The van der Waals surface area contributed by atoms with Crippen molar-refractivity contribution in [2.75, 3.05) is 0 Å². The Morgan fingerprint density at radius 2 is 1.95 bits per heavy atom. The van der Waals surface area contributed by atoms with Crippen molar-refractivity contribution in [2.24, 2.45) is 11.1 Å². The van der Waals surface area contributed by atoms with Gasteiger partial charge in [0.15, 0.2) is 0 Å². The summed E-state index contributed by atoms with van der Waals surface area (Å²) in [5, 5.41) is 14.2. The van der Waals surface area contributed by atoms with E-state index in [0.717, 1.165) is 24.0 Å². The van der Waals surface area contributed by atoms with Crippen LogP contribution < -0.4 is 0 Å². The van der Waals surface area contributed by atoms with Gasteiger partial charge in [0.2, 0.25) is 0 Å². The van der Waals surface area contributed by atoms with E-state index < -0.39 is 4.92 Å². The van der Waals surface area contributed by atoms with E-state index in [2.05, 4.69) is 5.18 Å². The van der Waals surface area contributed by atoms with E-state index in [-0.39, 0.29) is 11.7 Å². The zero-order valence-corrected chi connectivity index (χ0v) is 11.8. The van der Waals surface area contributed by atoms with Crippen LogP contribution in [0, 0.1) is 20.9 Å². The molecule has 0 aliphatic heterocycles. The van der Waals surface area contributed by atoms with E-state index in [4.69, 9.17) is 0 Å². The molecule has 0 amide bonds. The predicted molar refractivity (Wildman–Crippen MR) is 80.8 cm³/mol. The van der Waals surface area contributed by atoms with E-state index >= 15 is 0 Å². The van der Waals surface area contributed by atoms with Crippen molar-refractivity contribution in [3.63, 3.8) is 0 Å². The fourth-order valence-corrected chi connectivity index (χ4v) is 3.75. The monoisotopic (exact) mass is 286 g/mol. The second-order valence-electron chi connectivity index (χ2n) is 5.89. The van der Waals surface area contributed by atoms with Crippen molar-refractivity contribution < 1.29 is 4.92 Å². The summed E-state index contributed by atoms with van der Waals surface area (Å²) >= 11 is 0. The highest BCUT2D eigenvalue weighted by molar-refractivity contribution is 5.76. The van der Waals surface area contributed by atoms with E-state index in [1.807, 2.05) is 6.07 Å². The standard InChI is InChI=1S/C16H18N2O3/c19-17-15-9-8-14(11-4-1-2-5-11)16(15)12-6-3-7-13(10-12)18(20)21/h3,6-7,10-11,15H,1-2,4-5,8-9H2. The summed E-state index contributed by atoms with van der Waals surface area (Å²) < 4.78 is 0. The Morgan fingerprint density at radius 3 is 2.62 bits per heavy atom. The van der Waals surface area contributed by atoms with Crippen molar-refractivity contribution in [2.45, 2.75) is 44.6 Å². The summed E-state index contributed by atoms with van der Waals surface area (Å²) in [6.45, 7) is 0. The molecule has 0 radical (unpaired) electrons. The first kappa shape index (κ1) is 13.9. The number of hydrogen-bond donors (Lipinski definition) is 0. The molecule has 0 spiro atoms. The molecule has 2 aliphatic rings. The lowest BCUT2D eigenvalue weighted by atomic mass is 9.90. The maximum Gasteiger partial charge on any atom is 0.270 e. The number of allylic oxidation sites excluding steroid dienone is 1. The lowest BCUT2D eigenvalue weighted by Crippen LogP contribution is -2.04. The van der Waals surface area contributed by atoms with E-state index in [0.29, 0.717) is 5.92 Å². The molecule has 0 N–H and O–H groups in total. The third-order valence-corrected chi connectivity index (χ3v) is 4.71. The Labute approximate surface area is 123 Å². The number of non-ortho nitro benzene ring substituents is 1. The summed E-state index contributed by atoms with van der Waals surface area (Å²) in [6, 6.07) is 6.27. The quantitative estimate of drug-likeness (QED) is 0.465. The fourth-order valence-electron chi connectivity index (χ4n) is 3.75. The van der Waals surface area contributed by atoms with Crippen LogP contribution in [0.4, 0.5) is 5.69 Å². The lowest BCUT2D eigenvalue weighted by molar-refractivity contribution is -0.384. The summed E-state index contributed by atoms with van der Waals surface area (Å²) in [5.74, 6) is 0.533. The third kappa shape index (κ3) is 2.60. The number of nitroso groups, excluding NO2 is 1. The number of nitrogens with zero attached hydrogens (tertiary/aromatic N) is 2. The maximum absolute atomic E-state index is 11.2. The Morgan fingerprint density at radius 1 is 1.19 bits per heavy atom. The van der Waals surface area contributed by atoms with Crippen LogP contribution in [-0.4, -0.2) is 11.0 Å². The van der Waals surface area contributed by atoms with Gasteiger partial charge in [0.1, 0.15) is 6.04 Å². The Hall–Kier alpha value is -2.04. The lowest BCUT2D eigenvalue weighted by Gasteiger charge is -2.15.